The molecule has 1 fully saturated rings. The van der Waals surface area contributed by atoms with Gasteiger partial charge in [0, 0.05) is 45.0 Å². The van der Waals surface area contributed by atoms with Crippen LogP contribution < -0.4 is 10.9 Å². The molecule has 1 aliphatic carbocycles. The summed E-state index contributed by atoms with van der Waals surface area (Å²) in [7, 11) is 2.16. The lowest BCUT2D eigenvalue weighted by Crippen LogP contribution is -2.42. The van der Waals surface area contributed by atoms with Crippen molar-refractivity contribution in [3.05, 3.63) is 34.2 Å². The number of pyridine rings is 1. The first-order valence-corrected chi connectivity index (χ1v) is 10.7. The maximum absolute atomic E-state index is 11.9. The number of aromatic nitrogens is 1. The maximum atomic E-state index is 11.9. The minimum Gasteiger partial charge on any atom is -0.357 e. The van der Waals surface area contributed by atoms with Crippen LogP contribution in [-0.2, 0) is 6.54 Å². The number of rotatable bonds is 8. The van der Waals surface area contributed by atoms with Crippen LogP contribution in [0.3, 0.4) is 0 Å². The van der Waals surface area contributed by atoms with Gasteiger partial charge in [-0.1, -0.05) is 25.8 Å². The second-order valence-electron chi connectivity index (χ2n) is 8.11. The number of aryl methyl sites for hydroxylation is 1. The van der Waals surface area contributed by atoms with Crippen LogP contribution in [0.1, 0.15) is 58.1 Å². The fourth-order valence-corrected chi connectivity index (χ4v) is 3.93. The third kappa shape index (κ3) is 7.04. The van der Waals surface area contributed by atoms with Gasteiger partial charge in [-0.2, -0.15) is 0 Å². The Labute approximate surface area is 164 Å². The third-order valence-electron chi connectivity index (χ3n) is 5.68. The van der Waals surface area contributed by atoms with Gasteiger partial charge in [-0.3, -0.25) is 9.79 Å². The topological polar surface area (TPSA) is 49.6 Å². The Kier molecular flexibility index (Phi) is 8.89. The van der Waals surface area contributed by atoms with E-state index in [9.17, 15) is 4.79 Å². The minimum atomic E-state index is 0.0911. The molecule has 0 unspecified atom stereocenters. The number of nitrogens with one attached hydrogen (secondary N) is 1. The van der Waals surface area contributed by atoms with Crippen molar-refractivity contribution in [2.75, 3.05) is 26.7 Å². The Hall–Kier alpha value is -1.78. The molecule has 2 rings (SSSR count). The molecule has 1 aliphatic rings. The van der Waals surface area contributed by atoms with Gasteiger partial charge in [-0.15, -0.1) is 0 Å². The van der Waals surface area contributed by atoms with Gasteiger partial charge in [0.1, 0.15) is 0 Å². The first-order valence-electron chi connectivity index (χ1n) is 10.7. The summed E-state index contributed by atoms with van der Waals surface area (Å²) in [6.45, 7) is 10.0. The molecule has 1 heterocycles. The van der Waals surface area contributed by atoms with Gasteiger partial charge in [-0.05, 0) is 57.4 Å². The van der Waals surface area contributed by atoms with E-state index in [4.69, 9.17) is 4.99 Å². The summed E-state index contributed by atoms with van der Waals surface area (Å²) in [6, 6.07) is 5.45. The van der Waals surface area contributed by atoms with Gasteiger partial charge in [0.05, 0.1) is 0 Å². The van der Waals surface area contributed by atoms with Gasteiger partial charge in [0.15, 0.2) is 5.96 Å². The molecule has 0 saturated heterocycles. The highest BCUT2D eigenvalue weighted by Gasteiger charge is 2.20. The molecule has 0 spiro atoms. The van der Waals surface area contributed by atoms with E-state index in [1.165, 1.54) is 25.7 Å². The molecule has 27 heavy (non-hydrogen) atoms. The molecule has 0 bridgehead atoms. The largest absolute Gasteiger partial charge is 0.357 e. The molecule has 0 aromatic carbocycles. The molecule has 152 valence electrons. The van der Waals surface area contributed by atoms with Crippen LogP contribution in [0.15, 0.2) is 28.0 Å². The average molecular weight is 375 g/mol. The lowest BCUT2D eigenvalue weighted by molar-refractivity contribution is 0.250. The van der Waals surface area contributed by atoms with Gasteiger partial charge in [0.25, 0.3) is 5.56 Å². The van der Waals surface area contributed by atoms with E-state index in [0.717, 1.165) is 62.5 Å². The zero-order valence-electron chi connectivity index (χ0n) is 17.7. The Morgan fingerprint density at radius 3 is 2.67 bits per heavy atom. The van der Waals surface area contributed by atoms with E-state index in [-0.39, 0.29) is 5.56 Å². The normalized spacial score (nSPS) is 20.5. The van der Waals surface area contributed by atoms with Crippen molar-refractivity contribution in [1.29, 1.82) is 0 Å². The van der Waals surface area contributed by atoms with Gasteiger partial charge in [-0.25, -0.2) is 0 Å². The Bertz CT molecular complexity index is 644. The molecule has 0 atom stereocenters. The number of hydrogen-bond acceptors (Lipinski definition) is 2. The monoisotopic (exact) mass is 374 g/mol. The van der Waals surface area contributed by atoms with Crippen molar-refractivity contribution in [3.8, 4) is 0 Å². The van der Waals surface area contributed by atoms with Crippen LogP contribution in [0, 0.1) is 18.8 Å². The summed E-state index contributed by atoms with van der Waals surface area (Å²) in [4.78, 5) is 19.0. The summed E-state index contributed by atoms with van der Waals surface area (Å²) in [5.41, 5.74) is 1.12. The van der Waals surface area contributed by atoms with Crippen LogP contribution in [0.2, 0.25) is 0 Å². The van der Waals surface area contributed by atoms with Crippen LogP contribution in [0.5, 0.6) is 0 Å². The minimum absolute atomic E-state index is 0.0911. The third-order valence-corrected chi connectivity index (χ3v) is 5.68. The Balaban J connectivity index is 1.79. The molecule has 0 radical (unpaired) electrons. The van der Waals surface area contributed by atoms with E-state index >= 15 is 0 Å². The predicted molar refractivity (Wildman–Crippen MR) is 114 cm³/mol. The quantitative estimate of drug-likeness (QED) is 0.429. The van der Waals surface area contributed by atoms with Crippen molar-refractivity contribution >= 4 is 5.96 Å². The van der Waals surface area contributed by atoms with E-state index in [1.54, 1.807) is 6.07 Å². The first-order chi connectivity index (χ1) is 13.0. The molecule has 5 heteroatoms. The molecular weight excluding hydrogens is 336 g/mol. The molecule has 1 aromatic heterocycles. The second kappa shape index (κ2) is 11.2. The average Bonchev–Trinajstić information content (AvgIpc) is 2.64. The van der Waals surface area contributed by atoms with Gasteiger partial charge < -0.3 is 14.8 Å². The zero-order valence-corrected chi connectivity index (χ0v) is 17.7. The smallest absolute Gasteiger partial charge is 0.250 e. The molecule has 0 amide bonds. The highest BCUT2D eigenvalue weighted by atomic mass is 16.1. The molecule has 1 aromatic rings. The van der Waals surface area contributed by atoms with Crippen molar-refractivity contribution in [3.63, 3.8) is 0 Å². The number of hydrogen-bond donors (Lipinski definition) is 1. The Morgan fingerprint density at radius 1 is 1.26 bits per heavy atom. The number of guanidine groups is 1. The molecular formula is C22H38N4O. The highest BCUT2D eigenvalue weighted by molar-refractivity contribution is 5.79. The molecule has 1 N–H and O–H groups in total. The Morgan fingerprint density at radius 2 is 2.00 bits per heavy atom. The van der Waals surface area contributed by atoms with Crippen LogP contribution >= 0.6 is 0 Å². The van der Waals surface area contributed by atoms with E-state index in [0.29, 0.717) is 0 Å². The summed E-state index contributed by atoms with van der Waals surface area (Å²) in [5, 5.41) is 3.43. The first kappa shape index (κ1) is 21.5. The standard InChI is InChI=1S/C22H38N4O/c1-5-23-22(25(4)17-20-13-11-18(2)12-14-20)24-15-6-7-16-26-19(3)9-8-10-21(26)27/h8-10,18,20H,5-7,11-17H2,1-4H3,(H,23,24). The second-order valence-corrected chi connectivity index (χ2v) is 8.11. The zero-order chi connectivity index (χ0) is 19.6. The molecule has 1 saturated carbocycles. The van der Waals surface area contributed by atoms with E-state index in [2.05, 4.69) is 31.1 Å². The van der Waals surface area contributed by atoms with Crippen LogP contribution in [0.4, 0.5) is 0 Å². The number of nitrogens with zero attached hydrogens (tertiary/aromatic N) is 3. The van der Waals surface area contributed by atoms with Crippen molar-refractivity contribution in [2.24, 2.45) is 16.8 Å². The number of unbranched alkanes of at least 4 members (excludes halogenated alkanes) is 1. The number of aliphatic imine (C=N–C) groups is 1. The summed E-state index contributed by atoms with van der Waals surface area (Å²) < 4.78 is 1.85. The SMILES string of the molecule is CCNC(=NCCCCn1c(C)cccc1=O)N(C)CC1CCC(C)CC1. The van der Waals surface area contributed by atoms with E-state index in [1.807, 2.05) is 23.6 Å². The highest BCUT2D eigenvalue weighted by Crippen LogP contribution is 2.28. The van der Waals surface area contributed by atoms with Crippen molar-refractivity contribution < 1.29 is 0 Å². The fourth-order valence-electron chi connectivity index (χ4n) is 3.93. The molecule has 0 aliphatic heterocycles. The summed E-state index contributed by atoms with van der Waals surface area (Å²) in [6.07, 6.45) is 7.38. The van der Waals surface area contributed by atoms with Gasteiger partial charge >= 0.3 is 0 Å². The predicted octanol–water partition coefficient (Wildman–Crippen LogP) is 3.66. The van der Waals surface area contributed by atoms with E-state index < -0.39 is 0 Å². The lowest BCUT2D eigenvalue weighted by Gasteiger charge is -2.31. The van der Waals surface area contributed by atoms with Crippen molar-refractivity contribution in [1.82, 2.24) is 14.8 Å². The summed E-state index contributed by atoms with van der Waals surface area (Å²) in [5.74, 6) is 2.71. The maximum Gasteiger partial charge on any atom is 0.250 e. The van der Waals surface area contributed by atoms with Crippen LogP contribution in [-0.4, -0.2) is 42.1 Å². The van der Waals surface area contributed by atoms with Crippen molar-refractivity contribution in [2.45, 2.75) is 65.8 Å². The summed E-state index contributed by atoms with van der Waals surface area (Å²) >= 11 is 0. The van der Waals surface area contributed by atoms with Crippen LogP contribution in [0.25, 0.3) is 0 Å². The molecule has 5 nitrogen and oxygen atoms in total. The fraction of sp³-hybridized carbons (Fsp3) is 0.727. The lowest BCUT2D eigenvalue weighted by atomic mass is 9.83. The van der Waals surface area contributed by atoms with Gasteiger partial charge in [0.2, 0.25) is 0 Å².